The van der Waals surface area contributed by atoms with Crippen molar-refractivity contribution in [2.24, 2.45) is 11.3 Å². The maximum absolute atomic E-state index is 5.62. The van der Waals surface area contributed by atoms with Gasteiger partial charge in [0, 0.05) is 38.9 Å². The lowest BCUT2D eigenvalue weighted by Crippen LogP contribution is -2.49. The van der Waals surface area contributed by atoms with Gasteiger partial charge in [0.25, 0.3) is 0 Å². The van der Waals surface area contributed by atoms with E-state index >= 15 is 0 Å². The Hall–Kier alpha value is -0.120. The molecule has 2 rings (SSSR count). The van der Waals surface area contributed by atoms with Gasteiger partial charge in [-0.05, 0) is 63.8 Å². The first kappa shape index (κ1) is 16.3. The van der Waals surface area contributed by atoms with E-state index in [2.05, 4.69) is 31.0 Å². The molecular weight excluding hydrogens is 248 g/mol. The van der Waals surface area contributed by atoms with Gasteiger partial charge in [-0.3, -0.25) is 0 Å². The zero-order chi connectivity index (χ0) is 14.4. The van der Waals surface area contributed by atoms with Crippen molar-refractivity contribution in [3.63, 3.8) is 0 Å². The van der Waals surface area contributed by atoms with E-state index in [-0.39, 0.29) is 0 Å². The summed E-state index contributed by atoms with van der Waals surface area (Å²) in [6.07, 6.45) is 6.57. The molecule has 3 nitrogen and oxygen atoms in total. The predicted molar refractivity (Wildman–Crippen MR) is 85.1 cm³/mol. The zero-order valence-electron chi connectivity index (χ0n) is 13.8. The summed E-state index contributed by atoms with van der Waals surface area (Å²) in [5.41, 5.74) is 0.437. The zero-order valence-corrected chi connectivity index (χ0v) is 13.8. The lowest BCUT2D eigenvalue weighted by atomic mass is 9.79. The molecule has 1 aliphatic carbocycles. The van der Waals surface area contributed by atoms with Crippen molar-refractivity contribution < 1.29 is 4.74 Å². The predicted octanol–water partition coefficient (Wildman–Crippen LogP) is 2.90. The van der Waals surface area contributed by atoms with Crippen LogP contribution < -0.4 is 5.32 Å². The van der Waals surface area contributed by atoms with Gasteiger partial charge in [0.15, 0.2) is 0 Å². The monoisotopic (exact) mass is 282 g/mol. The quantitative estimate of drug-likeness (QED) is 0.658. The number of hydrogen-bond donors (Lipinski definition) is 1. The van der Waals surface area contributed by atoms with Crippen LogP contribution in [0.2, 0.25) is 0 Å². The van der Waals surface area contributed by atoms with E-state index in [1.54, 1.807) is 0 Å². The van der Waals surface area contributed by atoms with Gasteiger partial charge in [0.2, 0.25) is 0 Å². The van der Waals surface area contributed by atoms with Crippen molar-refractivity contribution in [2.75, 3.05) is 39.4 Å². The summed E-state index contributed by atoms with van der Waals surface area (Å²) >= 11 is 0. The van der Waals surface area contributed by atoms with Crippen LogP contribution in [0.5, 0.6) is 0 Å². The van der Waals surface area contributed by atoms with E-state index < -0.39 is 0 Å². The minimum atomic E-state index is 0.437. The summed E-state index contributed by atoms with van der Waals surface area (Å²) in [7, 11) is 0. The normalized spacial score (nSPS) is 22.6. The minimum Gasteiger partial charge on any atom is -0.381 e. The average Bonchev–Trinajstić information content (AvgIpc) is 3.23. The topological polar surface area (TPSA) is 24.5 Å². The van der Waals surface area contributed by atoms with Crippen molar-refractivity contribution in [3.05, 3.63) is 0 Å². The van der Waals surface area contributed by atoms with Gasteiger partial charge in [-0.2, -0.15) is 0 Å². The fraction of sp³-hybridized carbons (Fsp3) is 1.00. The molecule has 0 amide bonds. The van der Waals surface area contributed by atoms with Crippen LogP contribution >= 0.6 is 0 Å². The van der Waals surface area contributed by atoms with E-state index in [4.69, 9.17) is 4.74 Å². The maximum atomic E-state index is 5.62. The van der Waals surface area contributed by atoms with Gasteiger partial charge in [0.1, 0.15) is 0 Å². The molecule has 118 valence electrons. The van der Waals surface area contributed by atoms with Gasteiger partial charge in [0.05, 0.1) is 0 Å². The molecule has 1 heterocycles. The van der Waals surface area contributed by atoms with Gasteiger partial charge in [-0.1, -0.05) is 6.92 Å². The number of ether oxygens (including phenoxy) is 1. The van der Waals surface area contributed by atoms with Gasteiger partial charge in [-0.25, -0.2) is 0 Å². The Morgan fingerprint density at radius 2 is 1.95 bits per heavy atom. The second-order valence-corrected chi connectivity index (χ2v) is 7.26. The molecule has 0 aromatic carbocycles. The lowest BCUT2D eigenvalue weighted by Gasteiger charge is -2.42. The fourth-order valence-corrected chi connectivity index (χ4v) is 3.25. The molecule has 0 unspecified atom stereocenters. The van der Waals surface area contributed by atoms with Gasteiger partial charge < -0.3 is 15.0 Å². The highest BCUT2D eigenvalue weighted by molar-refractivity contribution is 4.89. The summed E-state index contributed by atoms with van der Waals surface area (Å²) in [5.74, 6) is 0.984. The molecule has 0 aromatic rings. The molecule has 1 saturated heterocycles. The molecule has 0 radical (unpaired) electrons. The summed E-state index contributed by atoms with van der Waals surface area (Å²) < 4.78 is 5.62. The first-order chi connectivity index (χ1) is 9.65. The van der Waals surface area contributed by atoms with Crippen molar-refractivity contribution in [1.82, 2.24) is 10.2 Å². The Kier molecular flexibility index (Phi) is 6.31. The fourth-order valence-electron chi connectivity index (χ4n) is 3.25. The SMILES string of the molecule is CCCNCC1(CN(CC2CC2)C(C)C)CCOCC1. The van der Waals surface area contributed by atoms with Crippen LogP contribution in [0.1, 0.15) is 52.9 Å². The third-order valence-corrected chi connectivity index (χ3v) is 4.94. The summed E-state index contributed by atoms with van der Waals surface area (Å²) in [6.45, 7) is 13.7. The Labute approximate surface area is 125 Å². The summed E-state index contributed by atoms with van der Waals surface area (Å²) in [6, 6.07) is 0.668. The Bertz CT molecular complexity index is 270. The van der Waals surface area contributed by atoms with Crippen LogP contribution in [0.25, 0.3) is 0 Å². The van der Waals surface area contributed by atoms with Crippen LogP contribution in [0.15, 0.2) is 0 Å². The smallest absolute Gasteiger partial charge is 0.0472 e. The first-order valence-corrected chi connectivity index (χ1v) is 8.68. The summed E-state index contributed by atoms with van der Waals surface area (Å²) in [4.78, 5) is 2.73. The Morgan fingerprint density at radius 3 is 2.50 bits per heavy atom. The molecule has 2 fully saturated rings. The highest BCUT2D eigenvalue weighted by Gasteiger charge is 2.36. The maximum Gasteiger partial charge on any atom is 0.0472 e. The molecule has 1 aliphatic heterocycles. The van der Waals surface area contributed by atoms with Crippen LogP contribution in [-0.4, -0.2) is 50.3 Å². The highest BCUT2D eigenvalue weighted by atomic mass is 16.5. The van der Waals surface area contributed by atoms with E-state index in [1.807, 2.05) is 0 Å². The third-order valence-electron chi connectivity index (χ3n) is 4.94. The summed E-state index contributed by atoms with van der Waals surface area (Å²) in [5, 5.41) is 3.68. The van der Waals surface area contributed by atoms with Crippen molar-refractivity contribution in [1.29, 1.82) is 0 Å². The van der Waals surface area contributed by atoms with Gasteiger partial charge in [-0.15, -0.1) is 0 Å². The van der Waals surface area contributed by atoms with E-state index in [9.17, 15) is 0 Å². The Morgan fingerprint density at radius 1 is 1.25 bits per heavy atom. The van der Waals surface area contributed by atoms with Crippen LogP contribution in [0.4, 0.5) is 0 Å². The molecule has 0 aromatic heterocycles. The van der Waals surface area contributed by atoms with E-state index in [0.717, 1.165) is 32.2 Å². The van der Waals surface area contributed by atoms with Crippen molar-refractivity contribution >= 4 is 0 Å². The number of nitrogens with one attached hydrogen (secondary N) is 1. The molecule has 0 spiro atoms. The molecule has 1 saturated carbocycles. The third kappa shape index (κ3) is 5.01. The molecule has 3 heteroatoms. The molecule has 20 heavy (non-hydrogen) atoms. The van der Waals surface area contributed by atoms with Crippen LogP contribution in [-0.2, 0) is 4.74 Å². The van der Waals surface area contributed by atoms with Crippen molar-refractivity contribution in [3.8, 4) is 0 Å². The van der Waals surface area contributed by atoms with E-state index in [0.29, 0.717) is 11.5 Å². The van der Waals surface area contributed by atoms with Crippen molar-refractivity contribution in [2.45, 2.75) is 58.9 Å². The largest absolute Gasteiger partial charge is 0.381 e. The second-order valence-electron chi connectivity index (χ2n) is 7.26. The lowest BCUT2D eigenvalue weighted by molar-refractivity contribution is -0.0102. The highest BCUT2D eigenvalue weighted by Crippen LogP contribution is 2.35. The standard InChI is InChI=1S/C17H34N2O/c1-4-9-18-13-17(7-10-20-11-8-17)14-19(15(2)3)12-16-5-6-16/h15-16,18H,4-14H2,1-3H3. The molecule has 2 aliphatic rings. The second kappa shape index (κ2) is 7.77. The van der Waals surface area contributed by atoms with E-state index in [1.165, 1.54) is 45.2 Å². The molecular formula is C17H34N2O. The number of rotatable bonds is 9. The first-order valence-electron chi connectivity index (χ1n) is 8.68. The Balaban J connectivity index is 1.92. The number of nitrogens with zero attached hydrogens (tertiary/aromatic N) is 1. The number of hydrogen-bond acceptors (Lipinski definition) is 3. The minimum absolute atomic E-state index is 0.437. The average molecular weight is 282 g/mol. The van der Waals surface area contributed by atoms with Gasteiger partial charge >= 0.3 is 0 Å². The van der Waals surface area contributed by atoms with Crippen LogP contribution in [0, 0.1) is 11.3 Å². The van der Waals surface area contributed by atoms with Crippen LogP contribution in [0.3, 0.4) is 0 Å². The molecule has 0 bridgehead atoms. The molecule has 0 atom stereocenters. The molecule has 1 N–H and O–H groups in total.